The second kappa shape index (κ2) is 7.50. The average molecular weight is 401 g/mol. The molecule has 0 aromatic carbocycles. The summed E-state index contributed by atoms with van der Waals surface area (Å²) in [4.78, 5) is 12.1. The Kier molecular flexibility index (Phi) is 5.59. The van der Waals surface area contributed by atoms with E-state index in [1.807, 2.05) is 0 Å². The summed E-state index contributed by atoms with van der Waals surface area (Å²) in [6.07, 6.45) is 14.6. The summed E-state index contributed by atoms with van der Waals surface area (Å²) in [6, 6.07) is 0. The second-order valence-corrected chi connectivity index (χ2v) is 12.3. The molecule has 0 amide bonds. The smallest absolute Gasteiger partial charge is 0.136 e. The molecule has 0 heterocycles. The molecule has 3 fully saturated rings. The van der Waals surface area contributed by atoms with Crippen molar-refractivity contribution >= 4 is 5.78 Å². The van der Waals surface area contributed by atoms with Crippen LogP contribution in [-0.2, 0) is 4.79 Å². The fourth-order valence-corrected chi connectivity index (χ4v) is 8.54. The number of allylic oxidation sites excluding steroid dienone is 2. The van der Waals surface area contributed by atoms with E-state index in [4.69, 9.17) is 0 Å². The Bertz CT molecular complexity index is 674. The molecule has 4 aliphatic rings. The van der Waals surface area contributed by atoms with E-state index >= 15 is 0 Å². The summed E-state index contributed by atoms with van der Waals surface area (Å²) in [7, 11) is 0. The van der Waals surface area contributed by atoms with Crippen molar-refractivity contribution < 1.29 is 9.90 Å². The molecule has 3 saturated carbocycles. The standard InChI is InChI=1S/C27H44O2/c1-18(2)7-6-14-27(5,29)24-11-10-22-21-9-8-19-17-20(28)12-15-25(19,3)23(21)13-16-26(22,24)4/h8,18,21-24,29H,6-7,9-17H2,1-5H3/t21?,22?,23?,24?,25-,26-,27?/m0/s1. The normalized spacial score (nSPS) is 44.0. The third kappa shape index (κ3) is 3.56. The molecule has 1 N–H and O–H groups in total. The van der Waals surface area contributed by atoms with E-state index in [9.17, 15) is 9.90 Å². The summed E-state index contributed by atoms with van der Waals surface area (Å²) in [5.74, 6) is 3.87. The van der Waals surface area contributed by atoms with Crippen molar-refractivity contribution in [1.29, 1.82) is 0 Å². The molecule has 0 aromatic heterocycles. The average Bonchev–Trinajstić information content (AvgIpc) is 3.00. The quantitative estimate of drug-likeness (QED) is 0.521. The van der Waals surface area contributed by atoms with Gasteiger partial charge in [0.2, 0.25) is 0 Å². The molecular formula is C27H44O2. The first kappa shape index (κ1) is 21.6. The molecule has 4 aliphatic carbocycles. The maximum atomic E-state index is 12.1. The molecule has 5 unspecified atom stereocenters. The summed E-state index contributed by atoms with van der Waals surface area (Å²) >= 11 is 0. The highest BCUT2D eigenvalue weighted by molar-refractivity contribution is 5.82. The van der Waals surface area contributed by atoms with Crippen molar-refractivity contribution in [2.24, 2.45) is 40.4 Å². The lowest BCUT2D eigenvalue weighted by atomic mass is 9.47. The number of carbonyl (C=O) groups is 1. The van der Waals surface area contributed by atoms with Gasteiger partial charge in [-0.15, -0.1) is 0 Å². The Labute approximate surface area is 178 Å². The molecule has 0 spiro atoms. The molecule has 0 saturated heterocycles. The van der Waals surface area contributed by atoms with Crippen LogP contribution in [0.4, 0.5) is 0 Å². The van der Waals surface area contributed by atoms with Crippen molar-refractivity contribution in [2.75, 3.05) is 0 Å². The number of rotatable bonds is 5. The molecule has 0 aromatic rings. The number of hydrogen-bond donors (Lipinski definition) is 1. The third-order valence-corrected chi connectivity index (χ3v) is 10.2. The summed E-state index contributed by atoms with van der Waals surface area (Å²) in [5, 5.41) is 11.5. The van der Waals surface area contributed by atoms with Crippen molar-refractivity contribution in [3.63, 3.8) is 0 Å². The van der Waals surface area contributed by atoms with Crippen LogP contribution in [0.5, 0.6) is 0 Å². The summed E-state index contributed by atoms with van der Waals surface area (Å²) in [6.45, 7) is 11.7. The van der Waals surface area contributed by atoms with Gasteiger partial charge in [0.15, 0.2) is 0 Å². The SMILES string of the molecule is CC(C)CCCC(C)(O)C1CCC2C3CC=C4CC(=O)CC[C@]4(C)C3CC[C@@]21C. The van der Waals surface area contributed by atoms with Gasteiger partial charge in [0, 0.05) is 12.8 Å². The van der Waals surface area contributed by atoms with E-state index in [0.29, 0.717) is 11.7 Å². The van der Waals surface area contributed by atoms with Gasteiger partial charge in [-0.05, 0) is 92.3 Å². The molecule has 29 heavy (non-hydrogen) atoms. The minimum absolute atomic E-state index is 0.260. The molecule has 4 rings (SSSR count). The zero-order chi connectivity index (χ0) is 21.0. The minimum atomic E-state index is -0.526. The lowest BCUT2D eigenvalue weighted by molar-refractivity contribution is -0.124. The maximum absolute atomic E-state index is 12.1. The molecule has 164 valence electrons. The molecular weight excluding hydrogens is 356 g/mol. The first-order valence-corrected chi connectivity index (χ1v) is 12.5. The van der Waals surface area contributed by atoms with Crippen molar-refractivity contribution in [2.45, 2.75) is 111 Å². The highest BCUT2D eigenvalue weighted by Crippen LogP contribution is 2.67. The van der Waals surface area contributed by atoms with Gasteiger partial charge < -0.3 is 5.11 Å². The molecule has 2 nitrogen and oxygen atoms in total. The molecule has 0 radical (unpaired) electrons. The summed E-state index contributed by atoms with van der Waals surface area (Å²) in [5.41, 5.74) is 1.49. The zero-order valence-electron chi connectivity index (χ0n) is 19.6. The van der Waals surface area contributed by atoms with Crippen LogP contribution < -0.4 is 0 Å². The lowest BCUT2D eigenvalue weighted by Crippen LogP contribution is -2.52. The van der Waals surface area contributed by atoms with Crippen LogP contribution in [-0.4, -0.2) is 16.5 Å². The van der Waals surface area contributed by atoms with Gasteiger partial charge in [-0.1, -0.05) is 52.2 Å². The molecule has 0 bridgehead atoms. The van der Waals surface area contributed by atoms with Crippen LogP contribution in [0, 0.1) is 40.4 Å². The predicted molar refractivity (Wildman–Crippen MR) is 120 cm³/mol. The number of carbonyl (C=O) groups excluding carboxylic acids is 1. The van der Waals surface area contributed by atoms with Crippen LogP contribution >= 0.6 is 0 Å². The second-order valence-electron chi connectivity index (χ2n) is 12.3. The highest BCUT2D eigenvalue weighted by Gasteiger charge is 2.61. The Hall–Kier alpha value is -0.630. The van der Waals surface area contributed by atoms with Crippen molar-refractivity contribution in [1.82, 2.24) is 0 Å². The van der Waals surface area contributed by atoms with Crippen LogP contribution in [0.15, 0.2) is 11.6 Å². The molecule has 7 atom stereocenters. The number of Topliss-reactive ketones (excluding diaryl/α,β-unsaturated/α-hetero) is 1. The van der Waals surface area contributed by atoms with Crippen molar-refractivity contribution in [3.05, 3.63) is 11.6 Å². The van der Waals surface area contributed by atoms with Gasteiger partial charge in [-0.25, -0.2) is 0 Å². The van der Waals surface area contributed by atoms with Crippen LogP contribution in [0.25, 0.3) is 0 Å². The van der Waals surface area contributed by atoms with Gasteiger partial charge >= 0.3 is 0 Å². The summed E-state index contributed by atoms with van der Waals surface area (Å²) < 4.78 is 0. The first-order chi connectivity index (χ1) is 13.6. The van der Waals surface area contributed by atoms with Crippen LogP contribution in [0.1, 0.15) is 105 Å². The predicted octanol–water partition coefficient (Wildman–Crippen LogP) is 6.71. The monoisotopic (exact) mass is 400 g/mol. The van der Waals surface area contributed by atoms with E-state index < -0.39 is 5.60 Å². The van der Waals surface area contributed by atoms with Gasteiger partial charge in [0.05, 0.1) is 5.60 Å². The highest BCUT2D eigenvalue weighted by atomic mass is 16.3. The number of ketones is 1. The van der Waals surface area contributed by atoms with E-state index in [1.54, 1.807) is 0 Å². The fraction of sp³-hybridized carbons (Fsp3) is 0.889. The molecule has 0 aliphatic heterocycles. The van der Waals surface area contributed by atoms with Crippen molar-refractivity contribution in [3.8, 4) is 0 Å². The van der Waals surface area contributed by atoms with Gasteiger partial charge in [-0.2, -0.15) is 0 Å². The molecule has 2 heteroatoms. The zero-order valence-corrected chi connectivity index (χ0v) is 19.6. The van der Waals surface area contributed by atoms with Gasteiger partial charge in [0.1, 0.15) is 5.78 Å². The van der Waals surface area contributed by atoms with E-state index in [-0.39, 0.29) is 10.8 Å². The van der Waals surface area contributed by atoms with Gasteiger partial charge in [0.25, 0.3) is 0 Å². The third-order valence-electron chi connectivity index (χ3n) is 10.2. The van der Waals surface area contributed by atoms with Crippen LogP contribution in [0.2, 0.25) is 0 Å². The largest absolute Gasteiger partial charge is 0.390 e. The maximum Gasteiger partial charge on any atom is 0.136 e. The topological polar surface area (TPSA) is 37.3 Å². The first-order valence-electron chi connectivity index (χ1n) is 12.5. The lowest BCUT2D eigenvalue weighted by Gasteiger charge is -2.58. The van der Waals surface area contributed by atoms with E-state index in [2.05, 4.69) is 40.7 Å². The van der Waals surface area contributed by atoms with E-state index in [0.717, 1.165) is 55.8 Å². The Morgan fingerprint density at radius 3 is 2.66 bits per heavy atom. The Balaban J connectivity index is 1.53. The number of aliphatic hydroxyl groups is 1. The Morgan fingerprint density at radius 2 is 1.93 bits per heavy atom. The number of fused-ring (bicyclic) bond motifs is 5. The van der Waals surface area contributed by atoms with E-state index in [1.165, 1.54) is 44.1 Å². The van der Waals surface area contributed by atoms with Crippen LogP contribution in [0.3, 0.4) is 0 Å². The van der Waals surface area contributed by atoms with Gasteiger partial charge in [-0.3, -0.25) is 4.79 Å². The Morgan fingerprint density at radius 1 is 1.17 bits per heavy atom. The minimum Gasteiger partial charge on any atom is -0.390 e. The number of hydrogen-bond acceptors (Lipinski definition) is 2. The fourth-order valence-electron chi connectivity index (χ4n) is 8.54.